The van der Waals surface area contributed by atoms with Crippen molar-refractivity contribution in [2.24, 2.45) is 11.7 Å². The molecule has 3 rings (SSSR count). The summed E-state index contributed by atoms with van der Waals surface area (Å²) in [4.78, 5) is 36.8. The molecule has 0 bridgehead atoms. The van der Waals surface area contributed by atoms with Crippen molar-refractivity contribution in [2.45, 2.75) is 64.0 Å². The summed E-state index contributed by atoms with van der Waals surface area (Å²) in [5.74, 6) is -0.152. The summed E-state index contributed by atoms with van der Waals surface area (Å²) in [5, 5.41) is 21.4. The minimum Gasteiger partial charge on any atom is -0.480 e. The van der Waals surface area contributed by atoms with Crippen molar-refractivity contribution in [2.75, 3.05) is 19.6 Å². The number of rotatable bonds is 10. The van der Waals surface area contributed by atoms with Gasteiger partial charge in [0.25, 0.3) is 0 Å². The number of hydrogen-bond acceptors (Lipinski definition) is 6. The SMILES string of the molecule is N=C(N)c1ccc(CNC=O)s1.O=C(O)CNC(CC1CCCCC1)C(=O)N1CCCC1. The summed E-state index contributed by atoms with van der Waals surface area (Å²) in [6.07, 6.45) is 9.72. The molecule has 1 saturated carbocycles. The maximum Gasteiger partial charge on any atom is 0.317 e. The number of nitrogens with one attached hydrogen (secondary N) is 3. The van der Waals surface area contributed by atoms with E-state index in [4.69, 9.17) is 16.2 Å². The first-order valence-corrected chi connectivity index (χ1v) is 12.1. The Labute approximate surface area is 193 Å². The molecule has 2 heterocycles. The van der Waals surface area contributed by atoms with Crippen LogP contribution in [-0.2, 0) is 20.9 Å². The van der Waals surface area contributed by atoms with E-state index in [0.717, 1.165) is 42.1 Å². The Hall–Kier alpha value is -2.46. The molecular formula is C22H35N5O4S. The van der Waals surface area contributed by atoms with E-state index in [-0.39, 0.29) is 24.3 Å². The van der Waals surface area contributed by atoms with Gasteiger partial charge in [-0.1, -0.05) is 32.1 Å². The van der Waals surface area contributed by atoms with Crippen LogP contribution in [0.4, 0.5) is 0 Å². The second-order valence-electron chi connectivity index (χ2n) is 8.28. The van der Waals surface area contributed by atoms with Crippen molar-refractivity contribution in [1.82, 2.24) is 15.5 Å². The lowest BCUT2D eigenvalue weighted by Crippen LogP contribution is -2.48. The molecule has 9 nitrogen and oxygen atoms in total. The molecule has 10 heteroatoms. The van der Waals surface area contributed by atoms with Crippen LogP contribution in [0, 0.1) is 11.3 Å². The highest BCUT2D eigenvalue weighted by atomic mass is 32.1. The fourth-order valence-corrected chi connectivity index (χ4v) is 4.98. The first-order chi connectivity index (χ1) is 15.4. The van der Waals surface area contributed by atoms with Crippen molar-refractivity contribution >= 4 is 35.5 Å². The minimum absolute atomic E-state index is 0.0670. The van der Waals surface area contributed by atoms with Gasteiger partial charge in [0.05, 0.1) is 24.0 Å². The summed E-state index contributed by atoms with van der Waals surface area (Å²) in [6, 6.07) is 3.31. The summed E-state index contributed by atoms with van der Waals surface area (Å²) < 4.78 is 0. The maximum absolute atomic E-state index is 12.5. The normalized spacial score (nSPS) is 17.2. The van der Waals surface area contributed by atoms with E-state index in [1.807, 2.05) is 11.0 Å². The number of likely N-dealkylation sites (tertiary alicyclic amines) is 1. The molecule has 32 heavy (non-hydrogen) atoms. The number of carboxylic acid groups (broad SMARTS) is 1. The number of amides is 2. The summed E-state index contributed by atoms with van der Waals surface area (Å²) in [5.41, 5.74) is 5.26. The van der Waals surface area contributed by atoms with Crippen LogP contribution >= 0.6 is 11.3 Å². The number of nitrogens with two attached hydrogens (primary N) is 1. The van der Waals surface area contributed by atoms with E-state index >= 15 is 0 Å². The van der Waals surface area contributed by atoms with Crippen molar-refractivity contribution in [3.63, 3.8) is 0 Å². The Morgan fingerprint density at radius 1 is 1.22 bits per heavy atom. The third-order valence-electron chi connectivity index (χ3n) is 5.80. The van der Waals surface area contributed by atoms with Crippen LogP contribution in [0.2, 0.25) is 0 Å². The zero-order chi connectivity index (χ0) is 23.3. The third kappa shape index (κ3) is 8.96. The van der Waals surface area contributed by atoms with Crippen LogP contribution < -0.4 is 16.4 Å². The molecule has 0 aromatic carbocycles. The average Bonchev–Trinajstić information content (AvgIpc) is 3.48. The number of hydrogen-bond donors (Lipinski definition) is 5. The van der Waals surface area contributed by atoms with Crippen molar-refractivity contribution in [1.29, 1.82) is 5.41 Å². The summed E-state index contributed by atoms with van der Waals surface area (Å²) >= 11 is 1.41. The van der Waals surface area contributed by atoms with Gasteiger partial charge in [-0.05, 0) is 37.3 Å². The lowest BCUT2D eigenvalue weighted by atomic mass is 9.84. The molecule has 1 aromatic heterocycles. The van der Waals surface area contributed by atoms with E-state index in [2.05, 4.69) is 10.6 Å². The van der Waals surface area contributed by atoms with Gasteiger partial charge < -0.3 is 21.1 Å². The highest BCUT2D eigenvalue weighted by Crippen LogP contribution is 2.28. The predicted molar refractivity (Wildman–Crippen MR) is 125 cm³/mol. The molecule has 0 spiro atoms. The predicted octanol–water partition coefficient (Wildman–Crippen LogP) is 1.90. The van der Waals surface area contributed by atoms with Gasteiger partial charge in [-0.15, -0.1) is 11.3 Å². The molecule has 1 unspecified atom stereocenters. The van der Waals surface area contributed by atoms with Gasteiger partial charge in [-0.25, -0.2) is 0 Å². The van der Waals surface area contributed by atoms with E-state index in [9.17, 15) is 14.4 Å². The number of aliphatic carboxylic acids is 1. The molecule has 1 saturated heterocycles. The number of nitrogen functional groups attached to an aromatic ring is 1. The van der Waals surface area contributed by atoms with Gasteiger partial charge in [0.2, 0.25) is 12.3 Å². The van der Waals surface area contributed by atoms with Crippen LogP contribution in [0.5, 0.6) is 0 Å². The number of carboxylic acids is 1. The second kappa shape index (κ2) is 13.8. The number of thiophene rings is 1. The molecule has 1 atom stereocenters. The number of nitrogens with zero attached hydrogens (tertiary/aromatic N) is 1. The highest BCUT2D eigenvalue weighted by molar-refractivity contribution is 7.14. The number of carbonyl (C=O) groups is 3. The fraction of sp³-hybridized carbons (Fsp3) is 0.636. The van der Waals surface area contributed by atoms with E-state index in [0.29, 0.717) is 18.9 Å². The smallest absolute Gasteiger partial charge is 0.317 e. The van der Waals surface area contributed by atoms with Crippen molar-refractivity contribution in [3.05, 3.63) is 21.9 Å². The van der Waals surface area contributed by atoms with Crippen molar-refractivity contribution < 1.29 is 19.5 Å². The first kappa shape index (κ1) is 25.8. The molecule has 1 aliphatic heterocycles. The van der Waals surface area contributed by atoms with E-state index in [1.165, 1.54) is 43.4 Å². The van der Waals surface area contributed by atoms with Gasteiger partial charge in [-0.3, -0.25) is 25.1 Å². The maximum atomic E-state index is 12.5. The Bertz CT molecular complexity index is 757. The molecule has 178 valence electrons. The van der Waals surface area contributed by atoms with Crippen molar-refractivity contribution in [3.8, 4) is 0 Å². The summed E-state index contributed by atoms with van der Waals surface area (Å²) in [6.45, 7) is 2.03. The van der Waals surface area contributed by atoms with E-state index < -0.39 is 5.97 Å². The quantitative estimate of drug-likeness (QED) is 0.202. The van der Waals surface area contributed by atoms with Crippen LogP contribution in [0.1, 0.15) is 61.1 Å². The fourth-order valence-electron chi connectivity index (χ4n) is 4.16. The Morgan fingerprint density at radius 2 is 1.91 bits per heavy atom. The molecule has 1 aliphatic carbocycles. The summed E-state index contributed by atoms with van der Waals surface area (Å²) in [7, 11) is 0. The molecule has 0 radical (unpaired) electrons. The Balaban J connectivity index is 0.000000258. The van der Waals surface area contributed by atoms with Gasteiger partial charge in [0.1, 0.15) is 5.84 Å². The molecular weight excluding hydrogens is 430 g/mol. The van der Waals surface area contributed by atoms with Gasteiger partial charge in [0, 0.05) is 18.0 Å². The third-order valence-corrected chi connectivity index (χ3v) is 6.91. The molecule has 2 fully saturated rings. The van der Waals surface area contributed by atoms with Crippen LogP contribution in [0.25, 0.3) is 0 Å². The molecule has 6 N–H and O–H groups in total. The van der Waals surface area contributed by atoms with Gasteiger partial charge in [0.15, 0.2) is 0 Å². The Morgan fingerprint density at radius 3 is 2.47 bits per heavy atom. The van der Waals surface area contributed by atoms with Gasteiger partial charge >= 0.3 is 5.97 Å². The Kier molecular flexibility index (Phi) is 11.2. The second-order valence-corrected chi connectivity index (χ2v) is 9.45. The molecule has 1 aromatic rings. The van der Waals surface area contributed by atoms with Crippen LogP contribution in [0.15, 0.2) is 12.1 Å². The van der Waals surface area contributed by atoms with E-state index in [1.54, 1.807) is 6.07 Å². The van der Waals surface area contributed by atoms with Crippen LogP contribution in [-0.4, -0.2) is 59.8 Å². The largest absolute Gasteiger partial charge is 0.480 e. The number of carbonyl (C=O) groups excluding carboxylic acids is 2. The first-order valence-electron chi connectivity index (χ1n) is 11.2. The molecule has 2 amide bonds. The molecule has 2 aliphatic rings. The zero-order valence-electron chi connectivity index (χ0n) is 18.5. The minimum atomic E-state index is -0.895. The van der Waals surface area contributed by atoms with Crippen LogP contribution in [0.3, 0.4) is 0 Å². The standard InChI is InChI=1S/C15H26N2O3.C7H9N3OS/c18-14(19)11-16-13(10-12-6-2-1-3-7-12)15(20)17-8-4-5-9-17;8-7(9)6-2-1-5(12-6)3-10-4-11/h12-13,16H,1-11H2,(H,18,19);1-2,4H,3H2,(H3,8,9)(H,10,11). The highest BCUT2D eigenvalue weighted by Gasteiger charge is 2.29. The number of amidine groups is 1. The topological polar surface area (TPSA) is 149 Å². The monoisotopic (exact) mass is 465 g/mol. The lowest BCUT2D eigenvalue weighted by Gasteiger charge is -2.29. The van der Waals surface area contributed by atoms with Gasteiger partial charge in [-0.2, -0.15) is 0 Å². The lowest BCUT2D eigenvalue weighted by molar-refractivity contribution is -0.137. The average molecular weight is 466 g/mol. The zero-order valence-corrected chi connectivity index (χ0v) is 19.3.